The van der Waals surface area contributed by atoms with Gasteiger partial charge in [-0.25, -0.2) is 0 Å². The zero-order chi connectivity index (χ0) is 23.0. The molecule has 0 saturated carbocycles. The second kappa shape index (κ2) is 8.78. The first-order valence-corrected chi connectivity index (χ1v) is 11.0. The summed E-state index contributed by atoms with van der Waals surface area (Å²) in [5.41, 5.74) is 2.58. The number of pyridine rings is 1. The molecule has 2 aromatic carbocycles. The maximum absolute atomic E-state index is 12.8. The lowest BCUT2D eigenvalue weighted by molar-refractivity contribution is -0.137. The van der Waals surface area contributed by atoms with Crippen LogP contribution < -0.4 is 15.1 Å². The number of anilines is 1. The number of alkyl halides is 3. The Morgan fingerprint density at radius 2 is 1.75 bits per heavy atom. The molecule has 0 spiro atoms. The Balaban J connectivity index is 1.48. The minimum absolute atomic E-state index is 0.0775. The average Bonchev–Trinajstić information content (AvgIpc) is 2.77. The van der Waals surface area contributed by atoms with Crippen LogP contribution in [0.4, 0.5) is 18.9 Å². The first-order chi connectivity index (χ1) is 15.2. The molecule has 5 nitrogen and oxygen atoms in total. The first-order valence-electron chi connectivity index (χ1n) is 10.2. The molecule has 0 amide bonds. The average molecular weight is 510 g/mol. The summed E-state index contributed by atoms with van der Waals surface area (Å²) in [6, 6.07) is 9.04. The predicted octanol–water partition coefficient (Wildman–Crippen LogP) is 4.95. The van der Waals surface area contributed by atoms with E-state index in [2.05, 4.69) is 30.7 Å². The summed E-state index contributed by atoms with van der Waals surface area (Å²) in [6.07, 6.45) is -4.32. The smallest absolute Gasteiger partial charge is 0.416 e. The SMILES string of the molecule is COc1cc2c(=O)c(Br)c(C)[nH]c2cc1CN1CCN(c2ccc(C(F)(F)F)cc2)CC1. The van der Waals surface area contributed by atoms with Crippen molar-refractivity contribution < 1.29 is 17.9 Å². The molecule has 9 heteroatoms. The molecule has 1 aliphatic heterocycles. The third-order valence-corrected chi connectivity index (χ3v) is 6.80. The number of benzene rings is 2. The van der Waals surface area contributed by atoms with Gasteiger partial charge in [-0.1, -0.05) is 0 Å². The van der Waals surface area contributed by atoms with Gasteiger partial charge in [-0.3, -0.25) is 9.69 Å². The van der Waals surface area contributed by atoms with Gasteiger partial charge in [0.05, 0.1) is 28.0 Å². The highest BCUT2D eigenvalue weighted by atomic mass is 79.9. The largest absolute Gasteiger partial charge is 0.496 e. The Bertz CT molecular complexity index is 1180. The predicted molar refractivity (Wildman–Crippen MR) is 122 cm³/mol. The molecular weight excluding hydrogens is 487 g/mol. The van der Waals surface area contributed by atoms with Crippen LogP contribution in [-0.2, 0) is 12.7 Å². The van der Waals surface area contributed by atoms with Crippen LogP contribution >= 0.6 is 15.9 Å². The Labute approximate surface area is 191 Å². The third-order valence-electron chi connectivity index (χ3n) is 5.84. The van der Waals surface area contributed by atoms with Gasteiger partial charge in [-0.2, -0.15) is 13.2 Å². The van der Waals surface area contributed by atoms with Gasteiger partial charge in [0.2, 0.25) is 5.43 Å². The lowest BCUT2D eigenvalue weighted by atomic mass is 10.1. The highest BCUT2D eigenvalue weighted by Gasteiger charge is 2.30. The van der Waals surface area contributed by atoms with Crippen molar-refractivity contribution in [3.8, 4) is 5.75 Å². The van der Waals surface area contributed by atoms with Gasteiger partial charge >= 0.3 is 6.18 Å². The minimum Gasteiger partial charge on any atom is -0.496 e. The first kappa shape index (κ1) is 22.7. The Hall–Kier alpha value is -2.52. The number of H-pyrrole nitrogens is 1. The number of fused-ring (bicyclic) bond motifs is 1. The van der Waals surface area contributed by atoms with E-state index in [1.165, 1.54) is 12.1 Å². The van der Waals surface area contributed by atoms with Crippen LogP contribution in [0.3, 0.4) is 0 Å². The lowest BCUT2D eigenvalue weighted by Crippen LogP contribution is -2.46. The van der Waals surface area contributed by atoms with Crippen molar-refractivity contribution in [3.05, 3.63) is 67.9 Å². The number of hydrogen-bond acceptors (Lipinski definition) is 4. The summed E-state index contributed by atoms with van der Waals surface area (Å²) in [7, 11) is 1.59. The summed E-state index contributed by atoms with van der Waals surface area (Å²) < 4.78 is 44.4. The Morgan fingerprint density at radius 3 is 2.34 bits per heavy atom. The van der Waals surface area contributed by atoms with E-state index in [0.29, 0.717) is 35.2 Å². The maximum atomic E-state index is 12.8. The molecule has 1 aliphatic rings. The third kappa shape index (κ3) is 4.49. The monoisotopic (exact) mass is 509 g/mol. The fraction of sp³-hybridized carbons (Fsp3) is 0.348. The minimum atomic E-state index is -4.32. The van der Waals surface area contributed by atoms with Crippen LogP contribution in [0.5, 0.6) is 5.75 Å². The van der Waals surface area contributed by atoms with Crippen LogP contribution in [0.15, 0.2) is 45.7 Å². The summed E-state index contributed by atoms with van der Waals surface area (Å²) >= 11 is 3.33. The molecule has 1 aromatic heterocycles. The second-order valence-electron chi connectivity index (χ2n) is 7.91. The number of rotatable bonds is 4. The van der Waals surface area contributed by atoms with Crippen molar-refractivity contribution in [1.29, 1.82) is 0 Å². The molecule has 0 radical (unpaired) electrons. The van der Waals surface area contributed by atoms with E-state index in [-0.39, 0.29) is 5.43 Å². The van der Waals surface area contributed by atoms with Crippen molar-refractivity contribution in [1.82, 2.24) is 9.88 Å². The summed E-state index contributed by atoms with van der Waals surface area (Å²) in [4.78, 5) is 20.2. The van der Waals surface area contributed by atoms with E-state index in [1.54, 1.807) is 13.2 Å². The molecule has 170 valence electrons. The van der Waals surface area contributed by atoms with Crippen molar-refractivity contribution in [3.63, 3.8) is 0 Å². The number of hydrogen-bond donors (Lipinski definition) is 1. The standard InChI is InChI=1S/C23H23BrF3N3O2/c1-14-21(24)22(31)18-12-20(32-2)15(11-19(18)28-14)13-29-7-9-30(10-8-29)17-5-3-16(4-6-17)23(25,26)27/h3-6,11-12H,7-10,13H2,1-2H3,(H,28,31). The van der Waals surface area contributed by atoms with E-state index in [4.69, 9.17) is 4.74 Å². The fourth-order valence-corrected chi connectivity index (χ4v) is 4.35. The molecule has 0 atom stereocenters. The second-order valence-corrected chi connectivity index (χ2v) is 8.70. The van der Waals surface area contributed by atoms with Crippen LogP contribution in [-0.4, -0.2) is 43.2 Å². The molecule has 0 aliphatic carbocycles. The summed E-state index contributed by atoms with van der Waals surface area (Å²) in [5, 5.41) is 0.565. The van der Waals surface area contributed by atoms with E-state index in [1.807, 2.05) is 13.0 Å². The molecule has 1 saturated heterocycles. The van der Waals surface area contributed by atoms with Gasteiger partial charge < -0.3 is 14.6 Å². The molecule has 0 bridgehead atoms. The maximum Gasteiger partial charge on any atom is 0.416 e. The van der Waals surface area contributed by atoms with E-state index >= 15 is 0 Å². The molecule has 3 aromatic rings. The Morgan fingerprint density at radius 1 is 1.09 bits per heavy atom. The number of aryl methyl sites for hydroxylation is 1. The number of piperazine rings is 1. The van der Waals surface area contributed by atoms with Crippen molar-refractivity contribution in [2.75, 3.05) is 38.2 Å². The van der Waals surface area contributed by atoms with Crippen LogP contribution in [0, 0.1) is 6.92 Å². The van der Waals surface area contributed by atoms with Gasteiger partial charge in [-0.05, 0) is 59.3 Å². The number of nitrogens with zero attached hydrogens (tertiary/aromatic N) is 2. The van der Waals surface area contributed by atoms with Crippen LogP contribution in [0.1, 0.15) is 16.8 Å². The van der Waals surface area contributed by atoms with E-state index < -0.39 is 11.7 Å². The number of aromatic nitrogens is 1. The topological polar surface area (TPSA) is 48.6 Å². The summed E-state index contributed by atoms with van der Waals surface area (Å²) in [6.45, 7) is 5.44. The van der Waals surface area contributed by atoms with Crippen LogP contribution in [0.2, 0.25) is 0 Å². The van der Waals surface area contributed by atoms with Crippen molar-refractivity contribution in [2.45, 2.75) is 19.6 Å². The van der Waals surface area contributed by atoms with E-state index in [9.17, 15) is 18.0 Å². The number of ether oxygens (including phenoxy) is 1. The fourth-order valence-electron chi connectivity index (χ4n) is 4.04. The zero-order valence-electron chi connectivity index (χ0n) is 17.7. The van der Waals surface area contributed by atoms with Gasteiger partial charge in [-0.15, -0.1) is 0 Å². The molecule has 2 heterocycles. The molecule has 0 unspecified atom stereocenters. The van der Waals surface area contributed by atoms with Crippen molar-refractivity contribution >= 4 is 32.5 Å². The lowest BCUT2D eigenvalue weighted by Gasteiger charge is -2.36. The highest BCUT2D eigenvalue weighted by molar-refractivity contribution is 9.10. The van der Waals surface area contributed by atoms with Gasteiger partial charge in [0.1, 0.15) is 5.75 Å². The van der Waals surface area contributed by atoms with Gasteiger partial charge in [0, 0.05) is 49.7 Å². The molecule has 32 heavy (non-hydrogen) atoms. The Kier molecular flexibility index (Phi) is 6.22. The molecule has 1 N–H and O–H groups in total. The van der Waals surface area contributed by atoms with E-state index in [0.717, 1.165) is 47.7 Å². The number of halogens is 4. The normalized spacial score (nSPS) is 15.4. The van der Waals surface area contributed by atoms with Gasteiger partial charge in [0.25, 0.3) is 0 Å². The van der Waals surface area contributed by atoms with Gasteiger partial charge in [0.15, 0.2) is 0 Å². The zero-order valence-corrected chi connectivity index (χ0v) is 19.3. The molecule has 1 fully saturated rings. The van der Waals surface area contributed by atoms with Crippen LogP contribution in [0.25, 0.3) is 10.9 Å². The van der Waals surface area contributed by atoms with Crippen molar-refractivity contribution in [2.24, 2.45) is 0 Å². The number of methoxy groups -OCH3 is 1. The number of aromatic amines is 1. The summed E-state index contributed by atoms with van der Waals surface area (Å²) in [5.74, 6) is 0.656. The number of nitrogens with one attached hydrogen (secondary N) is 1. The molecule has 4 rings (SSSR count). The quantitative estimate of drug-likeness (QED) is 0.540. The molecular formula is C23H23BrF3N3O2. The highest BCUT2D eigenvalue weighted by Crippen LogP contribution is 2.31.